The van der Waals surface area contributed by atoms with Crippen LogP contribution >= 0.6 is 0 Å². The number of phenols is 1. The fourth-order valence-electron chi connectivity index (χ4n) is 2.97. The van der Waals surface area contributed by atoms with Gasteiger partial charge in [0.15, 0.2) is 0 Å². The molecule has 1 heterocycles. The summed E-state index contributed by atoms with van der Waals surface area (Å²) in [6.45, 7) is 7.88. The predicted octanol–water partition coefficient (Wildman–Crippen LogP) is 2.92. The van der Waals surface area contributed by atoms with Crippen molar-refractivity contribution < 1.29 is 5.11 Å². The van der Waals surface area contributed by atoms with Gasteiger partial charge >= 0.3 is 0 Å². The van der Waals surface area contributed by atoms with Gasteiger partial charge in [-0.3, -0.25) is 0 Å². The third-order valence-electron chi connectivity index (χ3n) is 4.11. The number of aromatic hydroxyl groups is 1. The minimum atomic E-state index is 0.253. The van der Waals surface area contributed by atoms with Crippen molar-refractivity contribution in [3.8, 4) is 5.75 Å². The number of nitrogens with zero attached hydrogens (tertiary/aromatic N) is 1. The van der Waals surface area contributed by atoms with Crippen LogP contribution in [0.2, 0.25) is 0 Å². The molecule has 1 aliphatic heterocycles. The lowest BCUT2D eigenvalue weighted by Crippen LogP contribution is -2.46. The van der Waals surface area contributed by atoms with Crippen molar-refractivity contribution in [2.45, 2.75) is 45.2 Å². The summed E-state index contributed by atoms with van der Waals surface area (Å²) in [5.41, 5.74) is 1.03. The normalized spacial score (nSPS) is 22.3. The highest BCUT2D eigenvalue weighted by Gasteiger charge is 2.22. The largest absolute Gasteiger partial charge is 0.508 e. The van der Waals surface area contributed by atoms with E-state index < -0.39 is 0 Å². The van der Waals surface area contributed by atoms with Crippen molar-refractivity contribution in [2.24, 2.45) is 0 Å². The maximum atomic E-state index is 9.99. The molecular weight excluding hydrogens is 236 g/mol. The Morgan fingerprint density at radius 2 is 2.16 bits per heavy atom. The molecule has 2 unspecified atom stereocenters. The number of para-hydroxylation sites is 1. The summed E-state index contributed by atoms with van der Waals surface area (Å²) in [6, 6.07) is 8.47. The maximum Gasteiger partial charge on any atom is 0.120 e. The molecule has 3 heteroatoms. The Hall–Kier alpha value is -1.06. The first-order valence-electron chi connectivity index (χ1n) is 7.50. The number of likely N-dealkylation sites (N-methyl/N-ethyl adjacent to an activating group) is 1. The van der Waals surface area contributed by atoms with Crippen LogP contribution in [0.15, 0.2) is 24.3 Å². The van der Waals surface area contributed by atoms with Gasteiger partial charge in [0.1, 0.15) is 5.75 Å². The van der Waals surface area contributed by atoms with E-state index in [1.54, 1.807) is 6.07 Å². The lowest BCUT2D eigenvalue weighted by atomic mass is 9.99. The number of piperidine rings is 1. The molecule has 0 amide bonds. The summed E-state index contributed by atoms with van der Waals surface area (Å²) in [7, 11) is 0. The van der Waals surface area contributed by atoms with Crippen LogP contribution in [-0.4, -0.2) is 35.7 Å². The maximum absolute atomic E-state index is 9.99. The molecular formula is C16H26N2O. The molecule has 19 heavy (non-hydrogen) atoms. The van der Waals surface area contributed by atoms with Crippen molar-refractivity contribution in [3.63, 3.8) is 0 Å². The third-order valence-corrected chi connectivity index (χ3v) is 4.11. The zero-order chi connectivity index (χ0) is 13.7. The van der Waals surface area contributed by atoms with E-state index in [-0.39, 0.29) is 6.04 Å². The number of likely N-dealkylation sites (tertiary alicyclic amines) is 1. The fraction of sp³-hybridized carbons (Fsp3) is 0.625. The number of benzene rings is 1. The number of hydrogen-bond donors (Lipinski definition) is 2. The van der Waals surface area contributed by atoms with E-state index in [0.717, 1.165) is 25.1 Å². The van der Waals surface area contributed by atoms with Crippen molar-refractivity contribution >= 4 is 0 Å². The summed E-state index contributed by atoms with van der Waals surface area (Å²) in [6.07, 6.45) is 3.50. The minimum Gasteiger partial charge on any atom is -0.508 e. The van der Waals surface area contributed by atoms with Crippen LogP contribution in [0.5, 0.6) is 5.75 Å². The van der Waals surface area contributed by atoms with E-state index in [9.17, 15) is 5.11 Å². The van der Waals surface area contributed by atoms with Crippen molar-refractivity contribution in [1.29, 1.82) is 0 Å². The molecule has 106 valence electrons. The Bertz CT molecular complexity index is 394. The second kappa shape index (κ2) is 6.92. The van der Waals surface area contributed by atoms with Gasteiger partial charge in [-0.2, -0.15) is 0 Å². The molecule has 0 spiro atoms. The van der Waals surface area contributed by atoms with E-state index in [1.165, 1.54) is 19.4 Å². The highest BCUT2D eigenvalue weighted by molar-refractivity contribution is 5.34. The van der Waals surface area contributed by atoms with Gasteiger partial charge < -0.3 is 15.3 Å². The van der Waals surface area contributed by atoms with Gasteiger partial charge in [-0.25, -0.2) is 0 Å². The summed E-state index contributed by atoms with van der Waals surface area (Å²) in [5.74, 6) is 0.407. The van der Waals surface area contributed by atoms with E-state index in [1.807, 2.05) is 18.2 Å². The van der Waals surface area contributed by atoms with Crippen LogP contribution in [0.1, 0.15) is 44.7 Å². The van der Waals surface area contributed by atoms with Gasteiger partial charge in [-0.1, -0.05) is 32.0 Å². The first kappa shape index (κ1) is 14.4. The SMILES string of the molecule is CCC(NC1CCCN(CC)C1)c1ccccc1O. The zero-order valence-electron chi connectivity index (χ0n) is 12.1. The molecule has 0 aromatic heterocycles. The van der Waals surface area contributed by atoms with E-state index in [0.29, 0.717) is 11.8 Å². The standard InChI is InChI=1S/C16H26N2O/c1-3-15(14-9-5-6-10-16(14)19)17-13-8-7-11-18(4-2)12-13/h5-6,9-10,13,15,17,19H,3-4,7-8,11-12H2,1-2H3. The summed E-state index contributed by atoms with van der Waals surface area (Å²) < 4.78 is 0. The summed E-state index contributed by atoms with van der Waals surface area (Å²) in [5, 5.41) is 13.7. The van der Waals surface area contributed by atoms with E-state index in [4.69, 9.17) is 0 Å². The average molecular weight is 262 g/mol. The smallest absolute Gasteiger partial charge is 0.120 e. The molecule has 2 rings (SSSR count). The van der Waals surface area contributed by atoms with Gasteiger partial charge in [0.05, 0.1) is 0 Å². The highest BCUT2D eigenvalue weighted by atomic mass is 16.3. The van der Waals surface area contributed by atoms with E-state index >= 15 is 0 Å². The second-order valence-electron chi connectivity index (χ2n) is 5.42. The number of rotatable bonds is 5. The molecule has 1 saturated heterocycles. The molecule has 3 nitrogen and oxygen atoms in total. The molecule has 0 aliphatic carbocycles. The topological polar surface area (TPSA) is 35.5 Å². The van der Waals surface area contributed by atoms with Crippen molar-refractivity contribution in [3.05, 3.63) is 29.8 Å². The van der Waals surface area contributed by atoms with Crippen molar-refractivity contribution in [1.82, 2.24) is 10.2 Å². The van der Waals surface area contributed by atoms with Crippen LogP contribution < -0.4 is 5.32 Å². The molecule has 1 aromatic carbocycles. The number of nitrogens with one attached hydrogen (secondary N) is 1. The Balaban J connectivity index is 2.01. The highest BCUT2D eigenvalue weighted by Crippen LogP contribution is 2.27. The molecule has 0 saturated carbocycles. The minimum absolute atomic E-state index is 0.253. The van der Waals surface area contributed by atoms with Crippen LogP contribution in [0.4, 0.5) is 0 Å². The Labute approximate surface area is 116 Å². The monoisotopic (exact) mass is 262 g/mol. The molecule has 1 fully saturated rings. The Morgan fingerprint density at radius 3 is 2.84 bits per heavy atom. The van der Waals surface area contributed by atoms with E-state index in [2.05, 4.69) is 24.1 Å². The predicted molar refractivity (Wildman–Crippen MR) is 79.4 cm³/mol. The van der Waals surface area contributed by atoms with Gasteiger partial charge in [0.2, 0.25) is 0 Å². The molecule has 2 atom stereocenters. The quantitative estimate of drug-likeness (QED) is 0.856. The van der Waals surface area contributed by atoms with Gasteiger partial charge in [0, 0.05) is 24.2 Å². The van der Waals surface area contributed by atoms with Gasteiger partial charge in [-0.05, 0) is 38.4 Å². The second-order valence-corrected chi connectivity index (χ2v) is 5.42. The van der Waals surface area contributed by atoms with Crippen molar-refractivity contribution in [2.75, 3.05) is 19.6 Å². The van der Waals surface area contributed by atoms with Crippen LogP contribution in [-0.2, 0) is 0 Å². The molecule has 0 bridgehead atoms. The summed E-state index contributed by atoms with van der Waals surface area (Å²) >= 11 is 0. The molecule has 1 aliphatic rings. The third kappa shape index (κ3) is 3.71. The fourth-order valence-corrected chi connectivity index (χ4v) is 2.97. The average Bonchev–Trinajstić information content (AvgIpc) is 2.46. The van der Waals surface area contributed by atoms with Gasteiger partial charge in [0.25, 0.3) is 0 Å². The lowest BCUT2D eigenvalue weighted by molar-refractivity contribution is 0.189. The van der Waals surface area contributed by atoms with Gasteiger partial charge in [-0.15, -0.1) is 0 Å². The lowest BCUT2D eigenvalue weighted by Gasteiger charge is -2.35. The first-order chi connectivity index (χ1) is 9.24. The van der Waals surface area contributed by atoms with Crippen LogP contribution in [0.3, 0.4) is 0 Å². The first-order valence-corrected chi connectivity index (χ1v) is 7.50. The zero-order valence-corrected chi connectivity index (χ0v) is 12.1. The Kier molecular flexibility index (Phi) is 5.23. The van der Waals surface area contributed by atoms with Crippen LogP contribution in [0.25, 0.3) is 0 Å². The molecule has 1 aromatic rings. The molecule has 0 radical (unpaired) electrons. The molecule has 2 N–H and O–H groups in total. The summed E-state index contributed by atoms with van der Waals surface area (Å²) in [4.78, 5) is 2.50. The number of hydrogen-bond acceptors (Lipinski definition) is 3. The Morgan fingerprint density at radius 1 is 1.37 bits per heavy atom. The van der Waals surface area contributed by atoms with Crippen LogP contribution in [0, 0.1) is 0 Å². The number of phenolic OH excluding ortho intramolecular Hbond substituents is 1.